The summed E-state index contributed by atoms with van der Waals surface area (Å²) in [5, 5.41) is 6.29. The molecule has 19 heavy (non-hydrogen) atoms. The molecule has 2 N–H and O–H groups in total. The van der Waals surface area contributed by atoms with E-state index in [1.54, 1.807) is 0 Å². The van der Waals surface area contributed by atoms with E-state index in [1.165, 1.54) is 13.4 Å². The molecule has 6 nitrogen and oxygen atoms in total. The van der Waals surface area contributed by atoms with Gasteiger partial charge in [0.1, 0.15) is 24.0 Å². The van der Waals surface area contributed by atoms with Crippen molar-refractivity contribution in [2.24, 2.45) is 5.92 Å². The van der Waals surface area contributed by atoms with Crippen molar-refractivity contribution in [3.8, 4) is 0 Å². The summed E-state index contributed by atoms with van der Waals surface area (Å²) >= 11 is 0. The molecule has 0 saturated carbocycles. The number of methoxy groups -OCH3 is 1. The molecule has 0 amide bonds. The third-order valence-corrected chi connectivity index (χ3v) is 2.84. The lowest BCUT2D eigenvalue weighted by Gasteiger charge is -2.21. The molecular weight excluding hydrogens is 244 g/mol. The van der Waals surface area contributed by atoms with Crippen LogP contribution in [0.3, 0.4) is 0 Å². The molecule has 0 aliphatic heterocycles. The maximum atomic E-state index is 11.7. The molecule has 106 valence electrons. The first-order chi connectivity index (χ1) is 9.01. The minimum absolute atomic E-state index is 0.101. The molecule has 0 spiro atoms. The largest absolute Gasteiger partial charge is 0.467 e. The van der Waals surface area contributed by atoms with Gasteiger partial charge in [0.2, 0.25) is 0 Å². The topological polar surface area (TPSA) is 76.1 Å². The number of hydrogen-bond acceptors (Lipinski definition) is 6. The predicted molar refractivity (Wildman–Crippen MR) is 75.2 cm³/mol. The van der Waals surface area contributed by atoms with Gasteiger partial charge in [0.15, 0.2) is 0 Å². The monoisotopic (exact) mass is 266 g/mol. The third-order valence-electron chi connectivity index (χ3n) is 2.84. The van der Waals surface area contributed by atoms with Crippen LogP contribution in [0.15, 0.2) is 6.33 Å². The zero-order chi connectivity index (χ0) is 14.4. The number of ether oxygens (including phenoxy) is 1. The Morgan fingerprint density at radius 1 is 1.37 bits per heavy atom. The highest BCUT2D eigenvalue weighted by Gasteiger charge is 2.24. The number of carbonyl (C=O) groups is 1. The Kier molecular flexibility index (Phi) is 5.54. The molecule has 1 aromatic heterocycles. The summed E-state index contributed by atoms with van der Waals surface area (Å²) in [5.74, 6) is 1.23. The van der Waals surface area contributed by atoms with Crippen LogP contribution < -0.4 is 10.6 Å². The Hall–Kier alpha value is -1.85. The van der Waals surface area contributed by atoms with Crippen LogP contribution in [0.4, 0.5) is 11.6 Å². The molecule has 1 aromatic rings. The van der Waals surface area contributed by atoms with E-state index in [1.807, 2.05) is 27.7 Å². The fourth-order valence-corrected chi connectivity index (χ4v) is 1.71. The molecule has 1 heterocycles. The van der Waals surface area contributed by atoms with E-state index >= 15 is 0 Å². The van der Waals surface area contributed by atoms with Gasteiger partial charge in [0.25, 0.3) is 0 Å². The quantitative estimate of drug-likeness (QED) is 0.765. The second-order valence-corrected chi connectivity index (χ2v) is 4.62. The van der Waals surface area contributed by atoms with Crippen molar-refractivity contribution in [1.29, 1.82) is 0 Å². The van der Waals surface area contributed by atoms with E-state index in [2.05, 4.69) is 20.6 Å². The zero-order valence-electron chi connectivity index (χ0n) is 12.2. The SMILES string of the molecule is CCNc1ncnc(NC(C(=O)OC)C(C)C)c1C. The van der Waals surface area contributed by atoms with Gasteiger partial charge in [-0.3, -0.25) is 0 Å². The van der Waals surface area contributed by atoms with Gasteiger partial charge in [-0.05, 0) is 19.8 Å². The van der Waals surface area contributed by atoms with Crippen molar-refractivity contribution in [3.63, 3.8) is 0 Å². The van der Waals surface area contributed by atoms with Crippen molar-refractivity contribution in [3.05, 3.63) is 11.9 Å². The van der Waals surface area contributed by atoms with Gasteiger partial charge in [-0.2, -0.15) is 0 Å². The summed E-state index contributed by atoms with van der Waals surface area (Å²) in [6.45, 7) is 8.60. The van der Waals surface area contributed by atoms with Crippen LogP contribution in [-0.2, 0) is 9.53 Å². The summed E-state index contributed by atoms with van der Waals surface area (Å²) in [7, 11) is 1.39. The molecule has 1 unspecified atom stereocenters. The summed E-state index contributed by atoms with van der Waals surface area (Å²) < 4.78 is 4.80. The van der Waals surface area contributed by atoms with Gasteiger partial charge >= 0.3 is 5.97 Å². The zero-order valence-corrected chi connectivity index (χ0v) is 12.2. The maximum Gasteiger partial charge on any atom is 0.328 e. The minimum atomic E-state index is -0.423. The van der Waals surface area contributed by atoms with Crippen molar-refractivity contribution in [2.45, 2.75) is 33.7 Å². The van der Waals surface area contributed by atoms with E-state index in [0.29, 0.717) is 5.82 Å². The normalized spacial score (nSPS) is 12.1. The van der Waals surface area contributed by atoms with E-state index in [9.17, 15) is 4.79 Å². The fraction of sp³-hybridized carbons (Fsp3) is 0.615. The molecule has 0 aliphatic rings. The first-order valence-corrected chi connectivity index (χ1v) is 6.41. The second-order valence-electron chi connectivity index (χ2n) is 4.62. The van der Waals surface area contributed by atoms with Gasteiger partial charge in [-0.15, -0.1) is 0 Å². The Balaban J connectivity index is 2.96. The first kappa shape index (κ1) is 15.2. The third kappa shape index (κ3) is 3.81. The van der Waals surface area contributed by atoms with E-state index in [0.717, 1.165) is 17.9 Å². The number of anilines is 2. The number of carbonyl (C=O) groups excluding carboxylic acids is 1. The number of aromatic nitrogens is 2. The van der Waals surface area contributed by atoms with Gasteiger partial charge < -0.3 is 15.4 Å². The smallest absolute Gasteiger partial charge is 0.328 e. The molecule has 0 aromatic carbocycles. The summed E-state index contributed by atoms with van der Waals surface area (Å²) in [6.07, 6.45) is 1.47. The first-order valence-electron chi connectivity index (χ1n) is 6.41. The number of nitrogens with one attached hydrogen (secondary N) is 2. The number of rotatable bonds is 6. The molecule has 1 rings (SSSR count). The van der Waals surface area contributed by atoms with Crippen LogP contribution in [0.2, 0.25) is 0 Å². The summed E-state index contributed by atoms with van der Waals surface area (Å²) in [5.41, 5.74) is 0.888. The molecule has 6 heteroatoms. The summed E-state index contributed by atoms with van der Waals surface area (Å²) in [6, 6.07) is -0.423. The lowest BCUT2D eigenvalue weighted by atomic mass is 10.0. The van der Waals surface area contributed by atoms with Crippen LogP contribution in [0, 0.1) is 12.8 Å². The Labute approximate surface area is 114 Å². The lowest BCUT2D eigenvalue weighted by Crippen LogP contribution is -2.36. The molecule has 1 atom stereocenters. The van der Waals surface area contributed by atoms with E-state index in [4.69, 9.17) is 4.74 Å². The summed E-state index contributed by atoms with van der Waals surface area (Å²) in [4.78, 5) is 20.1. The Morgan fingerprint density at radius 3 is 2.53 bits per heavy atom. The minimum Gasteiger partial charge on any atom is -0.467 e. The standard InChI is InChI=1S/C13H22N4O2/c1-6-14-11-9(4)12(16-7-15-11)17-10(8(2)3)13(18)19-5/h7-8,10H,6H2,1-5H3,(H2,14,15,16,17). The molecular formula is C13H22N4O2. The highest BCUT2D eigenvalue weighted by atomic mass is 16.5. The van der Waals surface area contributed by atoms with Crippen molar-refractivity contribution in [2.75, 3.05) is 24.3 Å². The van der Waals surface area contributed by atoms with Crippen LogP contribution >= 0.6 is 0 Å². The van der Waals surface area contributed by atoms with Gasteiger partial charge in [-0.1, -0.05) is 13.8 Å². The van der Waals surface area contributed by atoms with Crippen LogP contribution in [0.25, 0.3) is 0 Å². The number of hydrogen-bond donors (Lipinski definition) is 2. The number of esters is 1. The van der Waals surface area contributed by atoms with Crippen molar-refractivity contribution >= 4 is 17.6 Å². The average Bonchev–Trinajstić information content (AvgIpc) is 2.38. The average molecular weight is 266 g/mol. The predicted octanol–water partition coefficient (Wildman–Crippen LogP) is 1.83. The highest BCUT2D eigenvalue weighted by Crippen LogP contribution is 2.20. The second kappa shape index (κ2) is 6.92. The molecule has 0 bridgehead atoms. The van der Waals surface area contributed by atoms with Gasteiger partial charge in [0.05, 0.1) is 7.11 Å². The van der Waals surface area contributed by atoms with Crippen molar-refractivity contribution < 1.29 is 9.53 Å². The van der Waals surface area contributed by atoms with Gasteiger partial charge in [-0.25, -0.2) is 14.8 Å². The van der Waals surface area contributed by atoms with E-state index < -0.39 is 6.04 Å². The highest BCUT2D eigenvalue weighted by molar-refractivity contribution is 5.79. The van der Waals surface area contributed by atoms with Crippen molar-refractivity contribution in [1.82, 2.24) is 9.97 Å². The molecule has 0 saturated heterocycles. The fourth-order valence-electron chi connectivity index (χ4n) is 1.71. The van der Waals surface area contributed by atoms with Gasteiger partial charge in [0, 0.05) is 12.1 Å². The molecule has 0 fully saturated rings. The molecule has 0 radical (unpaired) electrons. The Bertz CT molecular complexity index is 435. The maximum absolute atomic E-state index is 11.7. The van der Waals surface area contributed by atoms with E-state index in [-0.39, 0.29) is 11.9 Å². The molecule has 0 aliphatic carbocycles. The van der Waals surface area contributed by atoms with Crippen LogP contribution in [-0.4, -0.2) is 35.6 Å². The van der Waals surface area contributed by atoms with Crippen LogP contribution in [0.1, 0.15) is 26.3 Å². The number of nitrogens with zero attached hydrogens (tertiary/aromatic N) is 2. The van der Waals surface area contributed by atoms with Crippen LogP contribution in [0.5, 0.6) is 0 Å². The lowest BCUT2D eigenvalue weighted by molar-refractivity contribution is -0.142. The Morgan fingerprint density at radius 2 is 2.00 bits per heavy atom.